The Morgan fingerprint density at radius 1 is 2.00 bits per heavy atom. The van der Waals surface area contributed by atoms with E-state index < -0.39 is 0 Å². The van der Waals surface area contributed by atoms with Crippen molar-refractivity contribution in [3.05, 3.63) is 0 Å². The van der Waals surface area contributed by atoms with Crippen LogP contribution in [-0.2, 0) is 4.74 Å². The molecule has 3 N–H and O–H groups in total. The lowest BCUT2D eigenvalue weighted by molar-refractivity contribution is 0.226. The van der Waals surface area contributed by atoms with E-state index in [4.69, 9.17) is 15.6 Å². The fourth-order valence-corrected chi connectivity index (χ4v) is 0.530. The van der Waals surface area contributed by atoms with Crippen LogP contribution in [0.4, 0.5) is 0 Å². The monoisotopic (exact) mass is 116 g/mol. The molecule has 46 valence electrons. The summed E-state index contributed by atoms with van der Waals surface area (Å²) in [6, 6.07) is 0.0547. The first-order valence-corrected chi connectivity index (χ1v) is 2.40. The molecular weight excluding hydrogens is 108 g/mol. The second-order valence-electron chi connectivity index (χ2n) is 1.61. The number of nitrogens with zero attached hydrogens (tertiary/aromatic N) is 1. The van der Waals surface area contributed by atoms with Crippen molar-refractivity contribution in [2.24, 2.45) is 10.7 Å². The minimum atomic E-state index is -0.130. The van der Waals surface area contributed by atoms with Gasteiger partial charge < -0.3 is 15.6 Å². The molecule has 0 radical (unpaired) electrons. The molecule has 8 heavy (non-hydrogen) atoms. The molecule has 0 aromatic carbocycles. The molecule has 0 aromatic heterocycles. The topological polar surface area (TPSA) is 67.8 Å². The van der Waals surface area contributed by atoms with E-state index in [0.717, 1.165) is 0 Å². The lowest BCUT2D eigenvalue weighted by Crippen LogP contribution is -2.11. The normalized spacial score (nSPS) is 27.1. The standard InChI is InChI=1S/C4H8N2O2/c5-4-6-3(1-7)2-8-4/h3,7H,1-2H2,(H2,5,6). The van der Waals surface area contributed by atoms with Crippen LogP contribution in [0, 0.1) is 0 Å². The quantitative estimate of drug-likeness (QED) is 0.447. The number of ether oxygens (including phenoxy) is 1. The molecule has 0 aromatic rings. The molecular formula is C4H8N2O2. The van der Waals surface area contributed by atoms with E-state index in [0.29, 0.717) is 6.61 Å². The van der Waals surface area contributed by atoms with E-state index in [1.807, 2.05) is 0 Å². The Hall–Kier alpha value is -0.770. The first-order chi connectivity index (χ1) is 3.83. The number of aliphatic hydroxyl groups excluding tert-OH is 1. The molecule has 4 heteroatoms. The largest absolute Gasteiger partial charge is 0.463 e. The van der Waals surface area contributed by atoms with Crippen molar-refractivity contribution >= 4 is 6.02 Å². The molecule has 1 rings (SSSR count). The molecule has 4 nitrogen and oxygen atoms in total. The van der Waals surface area contributed by atoms with Crippen LogP contribution in [0.2, 0.25) is 0 Å². The number of rotatable bonds is 1. The van der Waals surface area contributed by atoms with Crippen molar-refractivity contribution < 1.29 is 9.84 Å². The van der Waals surface area contributed by atoms with Crippen LogP contribution in [0.25, 0.3) is 0 Å². The summed E-state index contributed by atoms with van der Waals surface area (Å²) in [6.45, 7) is 0.434. The predicted octanol–water partition coefficient (Wildman–Crippen LogP) is -1.31. The third-order valence-corrected chi connectivity index (χ3v) is 0.944. The molecule has 1 unspecified atom stereocenters. The van der Waals surface area contributed by atoms with E-state index in [9.17, 15) is 0 Å². The summed E-state index contributed by atoms with van der Waals surface area (Å²) in [6.07, 6.45) is 0. The van der Waals surface area contributed by atoms with Gasteiger partial charge in [-0.1, -0.05) is 0 Å². The highest BCUT2D eigenvalue weighted by molar-refractivity contribution is 5.72. The van der Waals surface area contributed by atoms with Crippen molar-refractivity contribution in [2.75, 3.05) is 13.2 Å². The third kappa shape index (κ3) is 0.894. The minimum Gasteiger partial charge on any atom is -0.463 e. The Morgan fingerprint density at radius 3 is 3.00 bits per heavy atom. The molecule has 0 bridgehead atoms. The number of hydrogen-bond acceptors (Lipinski definition) is 4. The van der Waals surface area contributed by atoms with Crippen molar-refractivity contribution in [1.82, 2.24) is 0 Å². The average Bonchev–Trinajstić information content (AvgIpc) is 2.14. The Morgan fingerprint density at radius 2 is 2.75 bits per heavy atom. The minimum absolute atomic E-state index is 0.0146. The van der Waals surface area contributed by atoms with Gasteiger partial charge in [0.1, 0.15) is 12.6 Å². The molecule has 0 saturated heterocycles. The second kappa shape index (κ2) is 2.00. The third-order valence-electron chi connectivity index (χ3n) is 0.944. The summed E-state index contributed by atoms with van der Waals surface area (Å²) in [5, 5.41) is 8.44. The Kier molecular flexibility index (Phi) is 1.34. The van der Waals surface area contributed by atoms with Crippen LogP contribution < -0.4 is 5.73 Å². The number of hydrogen-bond donors (Lipinski definition) is 2. The van der Waals surface area contributed by atoms with E-state index in [1.54, 1.807) is 0 Å². The Balaban J connectivity index is 2.41. The van der Waals surface area contributed by atoms with E-state index in [-0.39, 0.29) is 18.7 Å². The van der Waals surface area contributed by atoms with Crippen molar-refractivity contribution in [3.63, 3.8) is 0 Å². The van der Waals surface area contributed by atoms with Gasteiger partial charge in [0.25, 0.3) is 6.02 Å². The van der Waals surface area contributed by atoms with Gasteiger partial charge >= 0.3 is 0 Å². The van der Waals surface area contributed by atoms with Crippen LogP contribution in [-0.4, -0.2) is 30.4 Å². The summed E-state index contributed by atoms with van der Waals surface area (Å²) in [4.78, 5) is 3.73. The van der Waals surface area contributed by atoms with Gasteiger partial charge in [0.05, 0.1) is 6.61 Å². The maximum Gasteiger partial charge on any atom is 0.282 e. The highest BCUT2D eigenvalue weighted by atomic mass is 16.5. The van der Waals surface area contributed by atoms with Crippen molar-refractivity contribution in [2.45, 2.75) is 6.04 Å². The molecule has 1 aliphatic rings. The Bertz CT molecular complexity index is 113. The summed E-state index contributed by atoms with van der Waals surface area (Å²) in [5.74, 6) is 0. The zero-order valence-corrected chi connectivity index (χ0v) is 4.37. The summed E-state index contributed by atoms with van der Waals surface area (Å²) in [5.41, 5.74) is 5.12. The van der Waals surface area contributed by atoms with Gasteiger partial charge in [-0.15, -0.1) is 0 Å². The number of amidine groups is 1. The van der Waals surface area contributed by atoms with Gasteiger partial charge in [0, 0.05) is 0 Å². The molecule has 1 aliphatic heterocycles. The molecule has 0 aliphatic carbocycles. The number of aliphatic hydroxyl groups is 1. The fourth-order valence-electron chi connectivity index (χ4n) is 0.530. The molecule has 0 amide bonds. The predicted molar refractivity (Wildman–Crippen MR) is 28.4 cm³/mol. The molecule has 1 heterocycles. The van der Waals surface area contributed by atoms with Crippen LogP contribution in [0.3, 0.4) is 0 Å². The van der Waals surface area contributed by atoms with Crippen LogP contribution in [0.15, 0.2) is 4.99 Å². The van der Waals surface area contributed by atoms with Crippen molar-refractivity contribution in [3.8, 4) is 0 Å². The number of nitrogens with two attached hydrogens (primary N) is 1. The van der Waals surface area contributed by atoms with E-state index >= 15 is 0 Å². The maximum atomic E-state index is 8.44. The van der Waals surface area contributed by atoms with Gasteiger partial charge in [0.15, 0.2) is 0 Å². The molecule has 0 saturated carbocycles. The van der Waals surface area contributed by atoms with Crippen molar-refractivity contribution in [1.29, 1.82) is 0 Å². The molecule has 0 fully saturated rings. The van der Waals surface area contributed by atoms with Crippen LogP contribution in [0.5, 0.6) is 0 Å². The molecule has 0 spiro atoms. The summed E-state index contributed by atoms with van der Waals surface area (Å²) >= 11 is 0. The smallest absolute Gasteiger partial charge is 0.282 e. The summed E-state index contributed by atoms with van der Waals surface area (Å²) in [7, 11) is 0. The van der Waals surface area contributed by atoms with Gasteiger partial charge in [0.2, 0.25) is 0 Å². The zero-order chi connectivity index (χ0) is 5.98. The number of aliphatic imine (C=N–C) groups is 1. The first-order valence-electron chi connectivity index (χ1n) is 2.40. The SMILES string of the molecule is NC1=NC(CO)CO1. The van der Waals surface area contributed by atoms with Crippen LogP contribution >= 0.6 is 0 Å². The lowest BCUT2D eigenvalue weighted by atomic mass is 10.4. The average molecular weight is 116 g/mol. The van der Waals surface area contributed by atoms with Gasteiger partial charge in [-0.2, -0.15) is 0 Å². The first kappa shape index (κ1) is 5.37. The van der Waals surface area contributed by atoms with E-state index in [2.05, 4.69) is 4.99 Å². The summed E-state index contributed by atoms with van der Waals surface area (Å²) < 4.78 is 4.72. The zero-order valence-electron chi connectivity index (χ0n) is 4.37. The lowest BCUT2D eigenvalue weighted by Gasteiger charge is -1.94. The maximum absolute atomic E-state index is 8.44. The highest BCUT2D eigenvalue weighted by Crippen LogP contribution is 1.98. The molecule has 1 atom stereocenters. The van der Waals surface area contributed by atoms with Gasteiger partial charge in [-0.05, 0) is 0 Å². The van der Waals surface area contributed by atoms with Crippen LogP contribution in [0.1, 0.15) is 0 Å². The Labute approximate surface area is 47.0 Å². The second-order valence-corrected chi connectivity index (χ2v) is 1.61. The van der Waals surface area contributed by atoms with Gasteiger partial charge in [-0.3, -0.25) is 0 Å². The fraction of sp³-hybridized carbons (Fsp3) is 0.750. The van der Waals surface area contributed by atoms with Gasteiger partial charge in [-0.25, -0.2) is 4.99 Å². The van der Waals surface area contributed by atoms with E-state index in [1.165, 1.54) is 0 Å². The highest BCUT2D eigenvalue weighted by Gasteiger charge is 2.13.